The minimum atomic E-state index is -0.622. The lowest BCUT2D eigenvalue weighted by molar-refractivity contribution is 0.0706. The van der Waals surface area contributed by atoms with E-state index in [1.807, 2.05) is 25.1 Å². The van der Waals surface area contributed by atoms with E-state index in [0.717, 1.165) is 5.69 Å². The molecule has 0 radical (unpaired) electrons. The van der Waals surface area contributed by atoms with E-state index in [4.69, 9.17) is 10.9 Å². The number of hydrogen-bond acceptors (Lipinski definition) is 7. The summed E-state index contributed by atoms with van der Waals surface area (Å²) in [6.45, 7) is 1.89. The topological polar surface area (TPSA) is 131 Å². The van der Waals surface area contributed by atoms with Gasteiger partial charge in [0.05, 0.1) is 11.4 Å². The molecule has 0 aliphatic carbocycles. The van der Waals surface area contributed by atoms with Crippen LogP contribution in [0.15, 0.2) is 48.8 Å². The molecule has 0 aliphatic rings. The summed E-state index contributed by atoms with van der Waals surface area (Å²) in [5.74, 6) is -0.481. The molecule has 0 unspecified atom stereocenters. The minimum Gasteiger partial charge on any atom is -0.368 e. The van der Waals surface area contributed by atoms with Gasteiger partial charge < -0.3 is 5.73 Å². The number of nitrogens with two attached hydrogens (primary N) is 1. The van der Waals surface area contributed by atoms with Crippen LogP contribution >= 0.6 is 0 Å². The second-order valence-electron chi connectivity index (χ2n) is 5.86. The number of nitrogens with one attached hydrogen (secondary N) is 1. The summed E-state index contributed by atoms with van der Waals surface area (Å²) < 4.78 is 1.79. The molecule has 4 aromatic rings. The van der Waals surface area contributed by atoms with E-state index in [2.05, 4.69) is 19.9 Å². The molecule has 0 fully saturated rings. The number of nitrogens with zero attached hydrogens (tertiary/aromatic N) is 5. The number of pyridine rings is 2. The number of imidazole rings is 1. The fourth-order valence-corrected chi connectivity index (χ4v) is 2.85. The quantitative estimate of drug-likeness (QED) is 0.375. The third-order valence-corrected chi connectivity index (χ3v) is 4.04. The molecule has 1 amide bonds. The smallest absolute Gasteiger partial charge is 0.274 e. The number of amides is 1. The highest BCUT2D eigenvalue weighted by molar-refractivity contribution is 5.94. The van der Waals surface area contributed by atoms with Crippen molar-refractivity contribution in [1.82, 2.24) is 29.8 Å². The van der Waals surface area contributed by atoms with E-state index in [1.165, 1.54) is 0 Å². The zero-order valence-electron chi connectivity index (χ0n) is 14.3. The Morgan fingerprint density at radius 1 is 1.15 bits per heavy atom. The summed E-state index contributed by atoms with van der Waals surface area (Å²) >= 11 is 0. The lowest BCUT2D eigenvalue weighted by Gasteiger charge is -2.06. The zero-order chi connectivity index (χ0) is 19.0. The number of nitrogen functional groups attached to an aromatic ring is 1. The van der Waals surface area contributed by atoms with E-state index in [0.29, 0.717) is 28.4 Å². The minimum absolute atomic E-state index is 0.141. The van der Waals surface area contributed by atoms with Crippen molar-refractivity contribution in [3.05, 3.63) is 60.0 Å². The lowest BCUT2D eigenvalue weighted by Crippen LogP contribution is -2.18. The second-order valence-corrected chi connectivity index (χ2v) is 5.86. The largest absolute Gasteiger partial charge is 0.368 e. The number of anilines is 1. The highest BCUT2D eigenvalue weighted by Crippen LogP contribution is 2.31. The van der Waals surface area contributed by atoms with Gasteiger partial charge in [0.25, 0.3) is 5.91 Å². The van der Waals surface area contributed by atoms with E-state index >= 15 is 0 Å². The Kier molecular flexibility index (Phi) is 3.98. The molecule has 4 aromatic heterocycles. The van der Waals surface area contributed by atoms with Crippen LogP contribution in [-0.4, -0.2) is 35.5 Å². The van der Waals surface area contributed by atoms with Gasteiger partial charge in [-0.1, -0.05) is 6.07 Å². The normalized spacial score (nSPS) is 10.9. The molecular weight excluding hydrogens is 346 g/mol. The van der Waals surface area contributed by atoms with Crippen LogP contribution in [0.2, 0.25) is 0 Å². The van der Waals surface area contributed by atoms with Crippen molar-refractivity contribution < 1.29 is 10.0 Å². The number of aromatic nitrogens is 5. The van der Waals surface area contributed by atoms with Crippen molar-refractivity contribution in [2.45, 2.75) is 6.92 Å². The van der Waals surface area contributed by atoms with Gasteiger partial charge >= 0.3 is 0 Å². The van der Waals surface area contributed by atoms with E-state index in [1.54, 1.807) is 40.5 Å². The molecule has 4 heterocycles. The van der Waals surface area contributed by atoms with Crippen molar-refractivity contribution in [3.63, 3.8) is 0 Å². The maximum atomic E-state index is 11.7. The summed E-state index contributed by atoms with van der Waals surface area (Å²) in [6.07, 6.45) is 3.25. The number of fused-ring (bicyclic) bond motifs is 1. The highest BCUT2D eigenvalue weighted by Gasteiger charge is 2.19. The molecule has 4 rings (SSSR count). The van der Waals surface area contributed by atoms with Gasteiger partial charge in [-0.05, 0) is 37.3 Å². The predicted molar refractivity (Wildman–Crippen MR) is 97.9 cm³/mol. The number of rotatable bonds is 3. The first-order chi connectivity index (χ1) is 13.1. The van der Waals surface area contributed by atoms with Crippen molar-refractivity contribution in [2.24, 2.45) is 0 Å². The third kappa shape index (κ3) is 2.96. The summed E-state index contributed by atoms with van der Waals surface area (Å²) in [5, 5.41) is 8.87. The van der Waals surface area contributed by atoms with Crippen molar-refractivity contribution >= 4 is 17.5 Å². The second kappa shape index (κ2) is 6.46. The van der Waals surface area contributed by atoms with Gasteiger partial charge in [0.15, 0.2) is 0 Å². The summed E-state index contributed by atoms with van der Waals surface area (Å²) in [4.78, 5) is 29.2. The molecule has 9 nitrogen and oxygen atoms in total. The van der Waals surface area contributed by atoms with Gasteiger partial charge in [-0.25, -0.2) is 20.4 Å². The molecule has 4 N–H and O–H groups in total. The van der Waals surface area contributed by atoms with Crippen LogP contribution in [0, 0.1) is 6.92 Å². The Morgan fingerprint density at radius 3 is 2.74 bits per heavy atom. The van der Waals surface area contributed by atoms with Crippen molar-refractivity contribution in [3.8, 4) is 22.8 Å². The Bertz CT molecular complexity index is 1170. The monoisotopic (exact) mass is 361 g/mol. The Labute approximate surface area is 153 Å². The number of carbonyl (C=O) groups excluding carboxylic acids is 1. The first-order valence-corrected chi connectivity index (χ1v) is 8.06. The summed E-state index contributed by atoms with van der Waals surface area (Å²) in [5.41, 5.74) is 11.5. The molecule has 0 bridgehead atoms. The molecule has 0 spiro atoms. The van der Waals surface area contributed by atoms with E-state index in [-0.39, 0.29) is 11.5 Å². The Morgan fingerprint density at radius 2 is 2.00 bits per heavy atom. The first kappa shape index (κ1) is 16.6. The van der Waals surface area contributed by atoms with Gasteiger partial charge in [0.2, 0.25) is 5.95 Å². The highest BCUT2D eigenvalue weighted by atomic mass is 16.5. The van der Waals surface area contributed by atoms with E-state index in [9.17, 15) is 4.79 Å². The SMILES string of the molecule is Cc1cccc(-c2nc3cc(C(=O)NO)ccn3c2-c2ccnc(N)n2)n1. The van der Waals surface area contributed by atoms with Gasteiger partial charge in [0.1, 0.15) is 17.0 Å². The number of carbonyl (C=O) groups is 1. The van der Waals surface area contributed by atoms with E-state index < -0.39 is 5.91 Å². The molecule has 0 aliphatic heterocycles. The fraction of sp³-hybridized carbons (Fsp3) is 0.0556. The van der Waals surface area contributed by atoms with Crippen LogP contribution in [-0.2, 0) is 0 Å². The maximum Gasteiger partial charge on any atom is 0.274 e. The molecule has 0 saturated heterocycles. The van der Waals surface area contributed by atoms with Gasteiger partial charge in [-0.2, -0.15) is 0 Å². The molecule has 27 heavy (non-hydrogen) atoms. The average molecular weight is 361 g/mol. The predicted octanol–water partition coefficient (Wildman–Crippen LogP) is 1.86. The molecule has 0 saturated carbocycles. The van der Waals surface area contributed by atoms with Crippen LogP contribution in [0.1, 0.15) is 16.1 Å². The van der Waals surface area contributed by atoms with Gasteiger partial charge in [-0.3, -0.25) is 19.4 Å². The molecule has 0 atom stereocenters. The van der Waals surface area contributed by atoms with Crippen molar-refractivity contribution in [2.75, 3.05) is 5.73 Å². The third-order valence-electron chi connectivity index (χ3n) is 4.04. The molecule has 0 aromatic carbocycles. The fourth-order valence-electron chi connectivity index (χ4n) is 2.85. The van der Waals surface area contributed by atoms with Crippen LogP contribution in [0.4, 0.5) is 5.95 Å². The number of aryl methyl sites for hydroxylation is 1. The van der Waals surface area contributed by atoms with Crippen LogP contribution in [0.3, 0.4) is 0 Å². The average Bonchev–Trinajstić information content (AvgIpc) is 3.06. The molecular formula is C18H15N7O2. The Hall–Kier alpha value is -3.85. The molecule has 134 valence electrons. The van der Waals surface area contributed by atoms with Crippen LogP contribution in [0.5, 0.6) is 0 Å². The first-order valence-electron chi connectivity index (χ1n) is 8.06. The van der Waals surface area contributed by atoms with Gasteiger partial charge in [-0.15, -0.1) is 0 Å². The van der Waals surface area contributed by atoms with Gasteiger partial charge in [0, 0.05) is 23.7 Å². The van der Waals surface area contributed by atoms with Crippen molar-refractivity contribution in [1.29, 1.82) is 0 Å². The lowest BCUT2D eigenvalue weighted by atomic mass is 10.1. The van der Waals surface area contributed by atoms with Crippen LogP contribution < -0.4 is 11.2 Å². The summed E-state index contributed by atoms with van der Waals surface area (Å²) in [7, 11) is 0. The maximum absolute atomic E-state index is 11.7. The zero-order valence-corrected chi connectivity index (χ0v) is 14.3. The molecule has 9 heteroatoms. The standard InChI is InChI=1S/C18H15N7O2/c1-10-3-2-4-12(21-10)15-16(13-5-7-20-18(19)22-13)25-8-6-11(17(26)24-27)9-14(25)23-15/h2-9,27H,1H3,(H,24,26)(H2,19,20,22). The Balaban J connectivity index is 2.02. The number of hydroxylamine groups is 1. The summed E-state index contributed by atoms with van der Waals surface area (Å²) in [6, 6.07) is 10.5. The number of hydrogen-bond donors (Lipinski definition) is 3. The van der Waals surface area contributed by atoms with Crippen LogP contribution in [0.25, 0.3) is 28.4 Å².